The minimum atomic E-state index is -0.327. The summed E-state index contributed by atoms with van der Waals surface area (Å²) >= 11 is 1.39. The average molecular weight is 226 g/mol. The number of hydrogen-bond donors (Lipinski definition) is 1. The third kappa shape index (κ3) is 3.00. The first-order chi connectivity index (χ1) is 7.29. The van der Waals surface area contributed by atoms with Gasteiger partial charge in [-0.25, -0.2) is 9.78 Å². The molecule has 0 aromatic carbocycles. The van der Waals surface area contributed by atoms with E-state index in [0.717, 1.165) is 17.3 Å². The first-order valence-electron chi connectivity index (χ1n) is 5.11. The maximum Gasteiger partial charge on any atom is 0.357 e. The van der Waals surface area contributed by atoms with Crippen LogP contribution in [-0.4, -0.2) is 17.6 Å². The minimum Gasteiger partial charge on any atom is -0.461 e. The summed E-state index contributed by atoms with van der Waals surface area (Å²) in [5.41, 5.74) is 5.79. The summed E-state index contributed by atoms with van der Waals surface area (Å²) in [7, 11) is 0. The van der Waals surface area contributed by atoms with E-state index in [2.05, 4.69) is 4.98 Å². The molecule has 1 aromatic rings. The molecule has 82 valence electrons. The predicted octanol–water partition coefficient (Wildman–Crippen LogP) is 1.56. The summed E-state index contributed by atoms with van der Waals surface area (Å²) in [4.78, 5) is 15.5. The molecule has 0 spiro atoms. The minimum absolute atomic E-state index is 0.327. The van der Waals surface area contributed by atoms with Crippen LogP contribution in [0.2, 0.25) is 0 Å². The maximum absolute atomic E-state index is 11.5. The first-order valence-corrected chi connectivity index (χ1v) is 5.99. The van der Waals surface area contributed by atoms with E-state index < -0.39 is 0 Å². The second kappa shape index (κ2) is 4.72. The zero-order valence-corrected chi connectivity index (χ0v) is 9.26. The van der Waals surface area contributed by atoms with Gasteiger partial charge in [0.15, 0.2) is 5.69 Å². The molecule has 15 heavy (non-hydrogen) atoms. The number of carbonyl (C=O) groups is 1. The Kier molecular flexibility index (Phi) is 3.33. The van der Waals surface area contributed by atoms with Gasteiger partial charge in [-0.15, -0.1) is 11.3 Å². The maximum atomic E-state index is 11.5. The molecule has 1 aromatic heterocycles. The molecule has 0 radical (unpaired) electrons. The number of nitrogens with two attached hydrogens (primary N) is 1. The number of ether oxygens (including phenoxy) is 1. The highest BCUT2D eigenvalue weighted by molar-refractivity contribution is 7.09. The molecule has 0 bridgehead atoms. The Balaban J connectivity index is 1.78. The van der Waals surface area contributed by atoms with Crippen LogP contribution < -0.4 is 5.73 Å². The lowest BCUT2D eigenvalue weighted by Crippen LogP contribution is -2.08. The van der Waals surface area contributed by atoms with Crippen molar-refractivity contribution in [3.05, 3.63) is 16.1 Å². The largest absolute Gasteiger partial charge is 0.461 e. The fraction of sp³-hybridized carbons (Fsp3) is 0.600. The van der Waals surface area contributed by atoms with Gasteiger partial charge in [-0.3, -0.25) is 0 Å². The Labute approximate surface area is 92.5 Å². The number of thiazole rings is 1. The Morgan fingerprint density at radius 3 is 3.07 bits per heavy atom. The van der Waals surface area contributed by atoms with E-state index in [4.69, 9.17) is 10.5 Å². The van der Waals surface area contributed by atoms with E-state index in [1.807, 2.05) is 0 Å². The molecular weight excluding hydrogens is 212 g/mol. The molecule has 4 nitrogen and oxygen atoms in total. The van der Waals surface area contributed by atoms with E-state index in [9.17, 15) is 4.79 Å². The molecule has 1 fully saturated rings. The van der Waals surface area contributed by atoms with E-state index >= 15 is 0 Å². The average Bonchev–Trinajstić information content (AvgIpc) is 2.94. The van der Waals surface area contributed by atoms with E-state index in [0.29, 0.717) is 18.8 Å². The molecule has 1 aliphatic carbocycles. The third-order valence-corrected chi connectivity index (χ3v) is 3.26. The van der Waals surface area contributed by atoms with Crippen LogP contribution in [0.3, 0.4) is 0 Å². The lowest BCUT2D eigenvalue weighted by molar-refractivity contribution is 0.0488. The number of esters is 1. The zero-order chi connectivity index (χ0) is 10.7. The van der Waals surface area contributed by atoms with Crippen molar-refractivity contribution in [1.29, 1.82) is 0 Å². The fourth-order valence-electron chi connectivity index (χ4n) is 1.30. The molecule has 1 heterocycles. The van der Waals surface area contributed by atoms with Gasteiger partial charge in [0.1, 0.15) is 5.01 Å². The van der Waals surface area contributed by atoms with Crippen LogP contribution in [0.5, 0.6) is 0 Å². The molecule has 1 aliphatic rings. The van der Waals surface area contributed by atoms with Crippen LogP contribution in [0.1, 0.15) is 34.8 Å². The van der Waals surface area contributed by atoms with Crippen LogP contribution in [-0.2, 0) is 11.3 Å². The second-order valence-corrected chi connectivity index (χ2v) is 4.64. The van der Waals surface area contributed by atoms with Crippen molar-refractivity contribution in [3.63, 3.8) is 0 Å². The van der Waals surface area contributed by atoms with Crippen molar-refractivity contribution in [2.75, 3.05) is 6.61 Å². The lowest BCUT2D eigenvalue weighted by atomic mass is 10.3. The van der Waals surface area contributed by atoms with E-state index in [1.54, 1.807) is 5.38 Å². The molecule has 0 amide bonds. The lowest BCUT2D eigenvalue weighted by Gasteiger charge is -2.00. The highest BCUT2D eigenvalue weighted by Gasteiger charge is 2.21. The Hall–Kier alpha value is -0.940. The molecular formula is C10H14N2O2S. The van der Waals surface area contributed by atoms with Gasteiger partial charge in [-0.2, -0.15) is 0 Å². The normalized spacial score (nSPS) is 15.3. The third-order valence-electron chi connectivity index (χ3n) is 2.39. The van der Waals surface area contributed by atoms with E-state index in [-0.39, 0.29) is 5.97 Å². The SMILES string of the molecule is NCc1nc(C(=O)OCCC2CC2)cs1. The number of aromatic nitrogens is 1. The van der Waals surface area contributed by atoms with Gasteiger partial charge in [0.25, 0.3) is 0 Å². The number of nitrogens with zero attached hydrogens (tertiary/aromatic N) is 1. The molecule has 0 atom stereocenters. The van der Waals surface area contributed by atoms with Crippen LogP contribution >= 0.6 is 11.3 Å². The van der Waals surface area contributed by atoms with Gasteiger partial charge in [-0.05, 0) is 12.3 Å². The van der Waals surface area contributed by atoms with Crippen molar-refractivity contribution >= 4 is 17.3 Å². The molecule has 0 aliphatic heterocycles. The van der Waals surface area contributed by atoms with Crippen LogP contribution in [0, 0.1) is 5.92 Å². The zero-order valence-electron chi connectivity index (χ0n) is 8.44. The standard InChI is InChI=1S/C10H14N2O2S/c11-5-9-12-8(6-15-9)10(13)14-4-3-7-1-2-7/h6-7H,1-5,11H2. The van der Waals surface area contributed by atoms with Crippen molar-refractivity contribution in [2.45, 2.75) is 25.8 Å². The van der Waals surface area contributed by atoms with Crippen LogP contribution in [0.15, 0.2) is 5.38 Å². The van der Waals surface area contributed by atoms with Crippen molar-refractivity contribution in [1.82, 2.24) is 4.98 Å². The summed E-state index contributed by atoms with van der Waals surface area (Å²) in [5, 5.41) is 2.46. The summed E-state index contributed by atoms with van der Waals surface area (Å²) in [6.07, 6.45) is 3.55. The molecule has 2 rings (SSSR count). The summed E-state index contributed by atoms with van der Waals surface area (Å²) in [5.74, 6) is 0.458. The molecule has 0 unspecified atom stereocenters. The Morgan fingerprint density at radius 1 is 1.67 bits per heavy atom. The van der Waals surface area contributed by atoms with Gasteiger partial charge in [-0.1, -0.05) is 12.8 Å². The Morgan fingerprint density at radius 2 is 2.47 bits per heavy atom. The van der Waals surface area contributed by atoms with Crippen LogP contribution in [0.4, 0.5) is 0 Å². The van der Waals surface area contributed by atoms with Crippen LogP contribution in [0.25, 0.3) is 0 Å². The molecule has 1 saturated carbocycles. The second-order valence-electron chi connectivity index (χ2n) is 3.70. The predicted molar refractivity (Wildman–Crippen MR) is 57.6 cm³/mol. The summed E-state index contributed by atoms with van der Waals surface area (Å²) < 4.78 is 5.10. The van der Waals surface area contributed by atoms with Gasteiger partial charge in [0.05, 0.1) is 6.61 Å². The smallest absolute Gasteiger partial charge is 0.357 e. The molecule has 5 heteroatoms. The quantitative estimate of drug-likeness (QED) is 0.774. The summed E-state index contributed by atoms with van der Waals surface area (Å²) in [6, 6.07) is 0. The number of hydrogen-bond acceptors (Lipinski definition) is 5. The number of rotatable bonds is 5. The van der Waals surface area contributed by atoms with Crippen molar-refractivity contribution in [3.8, 4) is 0 Å². The monoisotopic (exact) mass is 226 g/mol. The fourth-order valence-corrected chi connectivity index (χ4v) is 1.94. The Bertz CT molecular complexity index is 347. The van der Waals surface area contributed by atoms with Crippen molar-refractivity contribution < 1.29 is 9.53 Å². The van der Waals surface area contributed by atoms with E-state index in [1.165, 1.54) is 24.2 Å². The topological polar surface area (TPSA) is 65.2 Å². The number of carbonyl (C=O) groups excluding carboxylic acids is 1. The van der Waals surface area contributed by atoms with Crippen molar-refractivity contribution in [2.24, 2.45) is 11.7 Å². The van der Waals surface area contributed by atoms with Gasteiger partial charge in [0, 0.05) is 11.9 Å². The van der Waals surface area contributed by atoms with Gasteiger partial charge >= 0.3 is 5.97 Å². The highest BCUT2D eigenvalue weighted by Crippen LogP contribution is 2.32. The van der Waals surface area contributed by atoms with Gasteiger partial charge in [0.2, 0.25) is 0 Å². The highest BCUT2D eigenvalue weighted by atomic mass is 32.1. The van der Waals surface area contributed by atoms with Gasteiger partial charge < -0.3 is 10.5 Å². The first kappa shape index (κ1) is 10.6. The molecule has 0 saturated heterocycles. The molecule has 2 N–H and O–H groups in total. The summed E-state index contributed by atoms with van der Waals surface area (Å²) in [6.45, 7) is 0.888.